The molecule has 0 radical (unpaired) electrons. The Labute approximate surface area is 165 Å². The molecule has 3 aromatic rings. The lowest BCUT2D eigenvalue weighted by atomic mass is 10.1. The third-order valence-electron chi connectivity index (χ3n) is 3.95. The number of halogens is 7. The molecule has 0 aliphatic heterocycles. The molecule has 0 bridgehead atoms. The minimum Gasteiger partial charge on any atom is -0.233 e. The molecule has 3 rings (SSSR count). The van der Waals surface area contributed by atoms with Crippen molar-refractivity contribution in [3.05, 3.63) is 65.6 Å². The first-order chi connectivity index (χ1) is 13.4. The second kappa shape index (κ2) is 7.74. The van der Waals surface area contributed by atoms with E-state index in [0.717, 1.165) is 22.9 Å². The number of aryl methyl sites for hydroxylation is 1. The summed E-state index contributed by atoms with van der Waals surface area (Å²) >= 11 is 0.552. The Bertz CT molecular complexity index is 1000. The van der Waals surface area contributed by atoms with Gasteiger partial charge in [0.1, 0.15) is 5.82 Å². The minimum atomic E-state index is -4.72. The average molecular weight is 434 g/mol. The molecule has 0 unspecified atom stereocenters. The molecule has 29 heavy (non-hydrogen) atoms. The molecule has 0 amide bonds. The normalized spacial score (nSPS) is 12.4. The molecule has 0 atom stereocenters. The Balaban J connectivity index is 2.10. The standard InChI is InChI=1S/C19H13F7N2S/c1-11-2-3-12(8-16(11)29-10-18(21,22)23)15-9-17(19(24,25)26)27-28(15)14-6-4-13(20)5-7-14/h2-9H,10H2,1H3. The number of thioether (sulfide) groups is 1. The molecule has 10 heteroatoms. The molecule has 0 fully saturated rings. The van der Waals surface area contributed by atoms with Crippen LogP contribution in [0, 0.1) is 12.7 Å². The minimum absolute atomic E-state index is 0.0257. The lowest BCUT2D eigenvalue weighted by molar-refractivity contribution is -0.141. The van der Waals surface area contributed by atoms with Gasteiger partial charge in [0.25, 0.3) is 0 Å². The maximum absolute atomic E-state index is 13.2. The van der Waals surface area contributed by atoms with Gasteiger partial charge in [0.2, 0.25) is 0 Å². The second-order valence-electron chi connectivity index (χ2n) is 6.18. The number of hydrogen-bond acceptors (Lipinski definition) is 2. The van der Waals surface area contributed by atoms with Gasteiger partial charge in [0.05, 0.1) is 17.1 Å². The topological polar surface area (TPSA) is 17.8 Å². The van der Waals surface area contributed by atoms with Crippen molar-refractivity contribution in [1.82, 2.24) is 9.78 Å². The van der Waals surface area contributed by atoms with E-state index in [1.165, 1.54) is 30.3 Å². The van der Waals surface area contributed by atoms with Crippen LogP contribution in [0.2, 0.25) is 0 Å². The first-order valence-electron chi connectivity index (χ1n) is 8.18. The van der Waals surface area contributed by atoms with Crippen molar-refractivity contribution in [1.29, 1.82) is 0 Å². The number of alkyl halides is 6. The zero-order chi connectivity index (χ0) is 21.4. The molecule has 2 aromatic carbocycles. The molecule has 1 aromatic heterocycles. The van der Waals surface area contributed by atoms with Crippen molar-refractivity contribution in [3.8, 4) is 16.9 Å². The molecule has 0 N–H and O–H groups in total. The van der Waals surface area contributed by atoms with Crippen LogP contribution in [0.3, 0.4) is 0 Å². The first kappa shape index (κ1) is 21.2. The summed E-state index contributed by atoms with van der Waals surface area (Å²) in [5.74, 6) is -1.69. The van der Waals surface area contributed by atoms with Gasteiger partial charge in [-0.25, -0.2) is 9.07 Å². The van der Waals surface area contributed by atoms with E-state index in [-0.39, 0.29) is 16.9 Å². The van der Waals surface area contributed by atoms with Gasteiger partial charge in [-0.3, -0.25) is 0 Å². The Morgan fingerprint density at radius 3 is 2.17 bits per heavy atom. The lowest BCUT2D eigenvalue weighted by Crippen LogP contribution is -2.10. The number of rotatable bonds is 4. The van der Waals surface area contributed by atoms with Gasteiger partial charge in [-0.1, -0.05) is 12.1 Å². The highest BCUT2D eigenvalue weighted by molar-refractivity contribution is 7.99. The Morgan fingerprint density at radius 1 is 0.931 bits per heavy atom. The Morgan fingerprint density at radius 2 is 1.59 bits per heavy atom. The van der Waals surface area contributed by atoms with E-state index in [4.69, 9.17) is 0 Å². The largest absolute Gasteiger partial charge is 0.435 e. The average Bonchev–Trinajstić information content (AvgIpc) is 3.07. The van der Waals surface area contributed by atoms with Crippen LogP contribution in [0.15, 0.2) is 53.4 Å². The molecule has 0 saturated heterocycles. The summed E-state index contributed by atoms with van der Waals surface area (Å²) in [5.41, 5.74) is -0.138. The molecule has 2 nitrogen and oxygen atoms in total. The quantitative estimate of drug-likeness (QED) is 0.338. The van der Waals surface area contributed by atoms with Crippen LogP contribution in [0.4, 0.5) is 30.7 Å². The van der Waals surface area contributed by atoms with Crippen molar-refractivity contribution in [2.24, 2.45) is 0 Å². The highest BCUT2D eigenvalue weighted by Gasteiger charge is 2.35. The molecule has 154 valence electrons. The van der Waals surface area contributed by atoms with Crippen LogP contribution >= 0.6 is 11.8 Å². The number of hydrogen-bond donors (Lipinski definition) is 0. The summed E-state index contributed by atoms with van der Waals surface area (Å²) in [6.07, 6.45) is -9.11. The Kier molecular flexibility index (Phi) is 5.66. The third-order valence-corrected chi connectivity index (χ3v) is 5.17. The van der Waals surface area contributed by atoms with Gasteiger partial charge < -0.3 is 0 Å². The van der Waals surface area contributed by atoms with Crippen molar-refractivity contribution >= 4 is 11.8 Å². The number of nitrogens with zero attached hydrogens (tertiary/aromatic N) is 2. The molecule has 0 saturated carbocycles. The fraction of sp³-hybridized carbons (Fsp3) is 0.211. The highest BCUT2D eigenvalue weighted by atomic mass is 32.2. The lowest BCUT2D eigenvalue weighted by Gasteiger charge is -2.12. The molecule has 1 heterocycles. The van der Waals surface area contributed by atoms with E-state index in [1.807, 2.05) is 0 Å². The Hall–Kier alpha value is -2.49. The summed E-state index contributed by atoms with van der Waals surface area (Å²) in [6, 6.07) is 9.92. The van der Waals surface area contributed by atoms with Gasteiger partial charge in [0.15, 0.2) is 5.69 Å². The SMILES string of the molecule is Cc1ccc(-c2cc(C(F)(F)F)nn2-c2ccc(F)cc2)cc1SCC(F)(F)F. The summed E-state index contributed by atoms with van der Waals surface area (Å²) in [5, 5.41) is 3.58. The van der Waals surface area contributed by atoms with Crippen LogP contribution in [-0.4, -0.2) is 21.7 Å². The molecule has 0 aliphatic carbocycles. The van der Waals surface area contributed by atoms with Crippen molar-refractivity contribution in [2.45, 2.75) is 24.2 Å². The van der Waals surface area contributed by atoms with Crippen LogP contribution in [0.5, 0.6) is 0 Å². The van der Waals surface area contributed by atoms with E-state index in [0.29, 0.717) is 22.2 Å². The van der Waals surface area contributed by atoms with Gasteiger partial charge in [-0.05, 0) is 48.9 Å². The maximum atomic E-state index is 13.2. The van der Waals surface area contributed by atoms with E-state index >= 15 is 0 Å². The first-order valence-corrected chi connectivity index (χ1v) is 9.16. The zero-order valence-corrected chi connectivity index (χ0v) is 15.6. The van der Waals surface area contributed by atoms with Gasteiger partial charge in [-0.2, -0.15) is 31.4 Å². The number of benzene rings is 2. The van der Waals surface area contributed by atoms with Crippen LogP contribution < -0.4 is 0 Å². The summed E-state index contributed by atoms with van der Waals surface area (Å²) < 4.78 is 91.5. The maximum Gasteiger partial charge on any atom is 0.435 e. The van der Waals surface area contributed by atoms with Gasteiger partial charge in [-0.15, -0.1) is 11.8 Å². The van der Waals surface area contributed by atoms with Crippen LogP contribution in [0.1, 0.15) is 11.3 Å². The van der Waals surface area contributed by atoms with Crippen molar-refractivity contribution in [2.75, 3.05) is 5.75 Å². The summed E-state index contributed by atoms with van der Waals surface area (Å²) in [4.78, 5) is 0.292. The van der Waals surface area contributed by atoms with Gasteiger partial charge >= 0.3 is 12.4 Å². The van der Waals surface area contributed by atoms with Crippen LogP contribution in [-0.2, 0) is 6.18 Å². The predicted molar refractivity (Wildman–Crippen MR) is 95.5 cm³/mol. The fourth-order valence-electron chi connectivity index (χ4n) is 2.58. The van der Waals surface area contributed by atoms with E-state index in [1.54, 1.807) is 6.92 Å². The fourth-order valence-corrected chi connectivity index (χ4v) is 3.40. The van der Waals surface area contributed by atoms with E-state index in [9.17, 15) is 30.7 Å². The molecular formula is C19H13F7N2S. The predicted octanol–water partition coefficient (Wildman–Crippen LogP) is 6.66. The molecule has 0 spiro atoms. The summed E-state index contributed by atoms with van der Waals surface area (Å²) in [6.45, 7) is 1.61. The summed E-state index contributed by atoms with van der Waals surface area (Å²) in [7, 11) is 0. The van der Waals surface area contributed by atoms with Crippen molar-refractivity contribution < 1.29 is 30.7 Å². The smallest absolute Gasteiger partial charge is 0.233 e. The van der Waals surface area contributed by atoms with E-state index in [2.05, 4.69) is 5.10 Å². The molecule has 0 aliphatic rings. The zero-order valence-electron chi connectivity index (χ0n) is 14.8. The van der Waals surface area contributed by atoms with Crippen molar-refractivity contribution in [3.63, 3.8) is 0 Å². The highest BCUT2D eigenvalue weighted by Crippen LogP contribution is 2.36. The molecular weight excluding hydrogens is 421 g/mol. The van der Waals surface area contributed by atoms with Crippen LogP contribution in [0.25, 0.3) is 16.9 Å². The third kappa shape index (κ3) is 5.11. The van der Waals surface area contributed by atoms with E-state index < -0.39 is 29.6 Å². The van der Waals surface area contributed by atoms with Gasteiger partial charge in [0, 0.05) is 10.5 Å². The second-order valence-corrected chi connectivity index (χ2v) is 7.20. The monoisotopic (exact) mass is 434 g/mol. The number of aromatic nitrogens is 2.